The van der Waals surface area contributed by atoms with E-state index >= 15 is 0 Å². The van der Waals surface area contributed by atoms with E-state index in [1.54, 1.807) is 6.07 Å². The Morgan fingerprint density at radius 3 is 2.04 bits per heavy atom. The molecule has 0 unspecified atom stereocenters. The largest absolute Gasteiger partial charge is 0.293 e. The van der Waals surface area contributed by atoms with Crippen LogP contribution < -0.4 is 0 Å². The van der Waals surface area contributed by atoms with E-state index in [0.717, 1.165) is 0 Å². The Morgan fingerprint density at radius 1 is 0.920 bits per heavy atom. The second-order valence-electron chi connectivity index (χ2n) is 5.37. The molecule has 1 aliphatic rings. The van der Waals surface area contributed by atoms with Crippen molar-refractivity contribution >= 4 is 39.1 Å². The number of benzene rings is 2. The zero-order valence-electron chi connectivity index (χ0n) is 12.8. The Balaban J connectivity index is 1.85. The van der Waals surface area contributed by atoms with E-state index in [-0.39, 0.29) is 27.7 Å². The average molecular weight is 378 g/mol. The normalized spacial score (nSPS) is 15.1. The molecule has 6 nitrogen and oxygen atoms in total. The van der Waals surface area contributed by atoms with Gasteiger partial charge in [0.15, 0.2) is 11.6 Å². The third kappa shape index (κ3) is 2.96. The standard InChI is InChI=1S/C17H12ClNO5S/c18-9-14(20)11-5-7-12(8-6-11)15(21)10-19-17(22)13-3-1-2-4-16(13)25(19,23)24/h1-8H,9-10H2. The molecule has 0 saturated heterocycles. The third-order valence-corrected chi connectivity index (χ3v) is 5.88. The number of Topliss-reactive ketones (excluding diaryl/α,β-unsaturated/α-hetero) is 2. The minimum atomic E-state index is -4.03. The van der Waals surface area contributed by atoms with Crippen molar-refractivity contribution < 1.29 is 22.8 Å². The fraction of sp³-hybridized carbons (Fsp3) is 0.118. The second kappa shape index (κ2) is 6.42. The van der Waals surface area contributed by atoms with Crippen molar-refractivity contribution in [2.24, 2.45) is 0 Å². The van der Waals surface area contributed by atoms with Crippen molar-refractivity contribution in [1.82, 2.24) is 4.31 Å². The molecule has 2 aromatic carbocycles. The second-order valence-corrected chi connectivity index (χ2v) is 7.47. The Morgan fingerprint density at radius 2 is 1.48 bits per heavy atom. The highest BCUT2D eigenvalue weighted by Crippen LogP contribution is 2.29. The van der Waals surface area contributed by atoms with Crippen LogP contribution in [0, 0.1) is 0 Å². The number of hydrogen-bond acceptors (Lipinski definition) is 5. The lowest BCUT2D eigenvalue weighted by molar-refractivity contribution is 0.0820. The molecule has 2 aromatic rings. The Hall–Kier alpha value is -2.51. The van der Waals surface area contributed by atoms with Crippen LogP contribution in [-0.2, 0) is 10.0 Å². The van der Waals surface area contributed by atoms with Crippen molar-refractivity contribution in [1.29, 1.82) is 0 Å². The van der Waals surface area contributed by atoms with Crippen LogP contribution in [-0.4, -0.2) is 42.6 Å². The quantitative estimate of drug-likeness (QED) is 0.588. The van der Waals surface area contributed by atoms with Gasteiger partial charge in [-0.3, -0.25) is 14.4 Å². The highest BCUT2D eigenvalue weighted by molar-refractivity contribution is 7.90. The van der Waals surface area contributed by atoms with Gasteiger partial charge < -0.3 is 0 Å². The highest BCUT2D eigenvalue weighted by Gasteiger charge is 2.41. The van der Waals surface area contributed by atoms with E-state index in [9.17, 15) is 22.8 Å². The van der Waals surface area contributed by atoms with Crippen LogP contribution in [0.25, 0.3) is 0 Å². The molecule has 0 radical (unpaired) electrons. The maximum Gasteiger partial charge on any atom is 0.269 e. The monoisotopic (exact) mass is 377 g/mol. The molecule has 128 valence electrons. The molecule has 1 heterocycles. The molecule has 3 rings (SSSR count). The molecule has 0 aliphatic carbocycles. The summed E-state index contributed by atoms with van der Waals surface area (Å²) >= 11 is 5.47. The highest BCUT2D eigenvalue weighted by atomic mass is 35.5. The predicted octanol–water partition coefficient (Wildman–Crippen LogP) is 2.14. The number of nitrogens with zero attached hydrogens (tertiary/aromatic N) is 1. The Bertz CT molecular complexity index is 982. The fourth-order valence-electron chi connectivity index (χ4n) is 2.53. The van der Waals surface area contributed by atoms with Crippen LogP contribution in [0.1, 0.15) is 31.1 Å². The number of halogens is 1. The Labute approximate surface area is 149 Å². The van der Waals surface area contributed by atoms with Crippen molar-refractivity contribution in [3.05, 3.63) is 65.2 Å². The minimum absolute atomic E-state index is 0.0540. The molecule has 0 N–H and O–H groups in total. The summed E-state index contributed by atoms with van der Waals surface area (Å²) in [5.41, 5.74) is 0.604. The van der Waals surface area contributed by atoms with Gasteiger partial charge in [-0.05, 0) is 12.1 Å². The summed E-state index contributed by atoms with van der Waals surface area (Å²) < 4.78 is 25.4. The molecule has 0 atom stereocenters. The van der Waals surface area contributed by atoms with Crippen molar-refractivity contribution in [3.63, 3.8) is 0 Å². The van der Waals surface area contributed by atoms with Gasteiger partial charge in [0.2, 0.25) is 0 Å². The summed E-state index contributed by atoms with van der Waals surface area (Å²) in [7, 11) is -4.03. The zero-order chi connectivity index (χ0) is 18.2. The SMILES string of the molecule is O=C(CCl)c1ccc(C(=O)CN2C(=O)c3ccccc3S2(=O)=O)cc1. The molecular weight excluding hydrogens is 366 g/mol. The number of hydrogen-bond donors (Lipinski definition) is 0. The van der Waals surface area contributed by atoms with Gasteiger partial charge in [0.05, 0.1) is 11.4 Å². The summed E-state index contributed by atoms with van der Waals surface area (Å²) in [6.07, 6.45) is 0. The van der Waals surface area contributed by atoms with E-state index < -0.39 is 28.3 Å². The summed E-state index contributed by atoms with van der Waals surface area (Å²) in [5, 5.41) is 0. The predicted molar refractivity (Wildman–Crippen MR) is 90.5 cm³/mol. The first-order chi connectivity index (χ1) is 11.9. The average Bonchev–Trinajstić information content (AvgIpc) is 2.82. The van der Waals surface area contributed by atoms with Crippen LogP contribution in [0.4, 0.5) is 0 Å². The number of ketones is 2. The summed E-state index contributed by atoms with van der Waals surface area (Å²) in [5.74, 6) is -1.73. The van der Waals surface area contributed by atoms with Gasteiger partial charge in [-0.15, -0.1) is 11.6 Å². The first kappa shape index (κ1) is 17.3. The maximum atomic E-state index is 12.4. The lowest BCUT2D eigenvalue weighted by Crippen LogP contribution is -2.35. The number of alkyl halides is 1. The number of carbonyl (C=O) groups is 3. The molecule has 1 aliphatic heterocycles. The Kier molecular flexibility index (Phi) is 4.45. The maximum absolute atomic E-state index is 12.4. The smallest absolute Gasteiger partial charge is 0.269 e. The van der Waals surface area contributed by atoms with Gasteiger partial charge in [0.1, 0.15) is 11.4 Å². The molecule has 0 fully saturated rings. The molecule has 0 bridgehead atoms. The summed E-state index contributed by atoms with van der Waals surface area (Å²) in [4.78, 5) is 36.0. The van der Waals surface area contributed by atoms with Gasteiger partial charge in [-0.1, -0.05) is 36.4 Å². The number of amides is 1. The van der Waals surface area contributed by atoms with Gasteiger partial charge >= 0.3 is 0 Å². The number of rotatable bonds is 5. The van der Waals surface area contributed by atoms with Crippen molar-refractivity contribution in [3.8, 4) is 0 Å². The van der Waals surface area contributed by atoms with Crippen LogP contribution >= 0.6 is 11.6 Å². The molecule has 0 aromatic heterocycles. The van der Waals surface area contributed by atoms with Crippen LogP contribution in [0.2, 0.25) is 0 Å². The fourth-order valence-corrected chi connectivity index (χ4v) is 4.21. The molecular formula is C17H12ClNO5S. The van der Waals surface area contributed by atoms with Crippen LogP contribution in [0.15, 0.2) is 53.4 Å². The molecule has 0 spiro atoms. The zero-order valence-corrected chi connectivity index (χ0v) is 14.4. The lowest BCUT2D eigenvalue weighted by Gasteiger charge is -2.14. The van der Waals surface area contributed by atoms with E-state index in [1.807, 2.05) is 0 Å². The lowest BCUT2D eigenvalue weighted by atomic mass is 10.1. The summed E-state index contributed by atoms with van der Waals surface area (Å²) in [6.45, 7) is -0.599. The van der Waals surface area contributed by atoms with E-state index in [1.165, 1.54) is 42.5 Å². The third-order valence-electron chi connectivity index (χ3n) is 3.85. The molecule has 25 heavy (non-hydrogen) atoms. The summed E-state index contributed by atoms with van der Waals surface area (Å²) in [6, 6.07) is 11.5. The van der Waals surface area contributed by atoms with E-state index in [4.69, 9.17) is 11.6 Å². The first-order valence-corrected chi connectivity index (χ1v) is 9.22. The topological polar surface area (TPSA) is 88.6 Å². The van der Waals surface area contributed by atoms with Crippen molar-refractivity contribution in [2.75, 3.05) is 12.4 Å². The molecule has 8 heteroatoms. The van der Waals surface area contributed by atoms with Gasteiger partial charge in [0.25, 0.3) is 15.9 Å². The molecule has 1 amide bonds. The van der Waals surface area contributed by atoms with Gasteiger partial charge in [-0.25, -0.2) is 12.7 Å². The number of carbonyl (C=O) groups excluding carboxylic acids is 3. The van der Waals surface area contributed by atoms with E-state index in [2.05, 4.69) is 0 Å². The van der Waals surface area contributed by atoms with E-state index in [0.29, 0.717) is 9.87 Å². The number of sulfonamides is 1. The van der Waals surface area contributed by atoms with Gasteiger partial charge in [0, 0.05) is 11.1 Å². The molecule has 0 saturated carbocycles. The number of fused-ring (bicyclic) bond motifs is 1. The van der Waals surface area contributed by atoms with Gasteiger partial charge in [-0.2, -0.15) is 0 Å². The van der Waals surface area contributed by atoms with Crippen LogP contribution in [0.3, 0.4) is 0 Å². The first-order valence-electron chi connectivity index (χ1n) is 7.25. The minimum Gasteiger partial charge on any atom is -0.293 e. The van der Waals surface area contributed by atoms with Crippen LogP contribution in [0.5, 0.6) is 0 Å². The van der Waals surface area contributed by atoms with Crippen molar-refractivity contribution in [2.45, 2.75) is 4.90 Å².